The summed E-state index contributed by atoms with van der Waals surface area (Å²) in [6, 6.07) is 0. The Balaban J connectivity index is 4.29. The summed E-state index contributed by atoms with van der Waals surface area (Å²) in [5.74, 6) is 0. The molecule has 0 aromatic heterocycles. The number of halogens is 3. The van der Waals surface area contributed by atoms with Crippen molar-refractivity contribution in [3.05, 3.63) is 0 Å². The van der Waals surface area contributed by atoms with Crippen LogP contribution < -0.4 is 0 Å². The summed E-state index contributed by atoms with van der Waals surface area (Å²) in [5, 5.41) is -0.882. The number of rotatable bonds is 9. The van der Waals surface area contributed by atoms with Gasteiger partial charge in [0.25, 0.3) is 0 Å². The SMILES string of the molecule is C[C@H](Cl)COP(=O)(OC[C@@H](C)Cl)OC[C@@H](C)Cl. The van der Waals surface area contributed by atoms with E-state index in [2.05, 4.69) is 0 Å². The van der Waals surface area contributed by atoms with Crippen molar-refractivity contribution in [1.29, 1.82) is 0 Å². The van der Waals surface area contributed by atoms with Gasteiger partial charge in [0, 0.05) is 0 Å². The summed E-state index contributed by atoms with van der Waals surface area (Å²) in [5.41, 5.74) is 0. The van der Waals surface area contributed by atoms with Crippen LogP contribution in [0, 0.1) is 0 Å². The molecule has 0 aromatic carbocycles. The molecule has 0 heterocycles. The molecule has 8 heteroatoms. The molecule has 0 aromatic rings. The van der Waals surface area contributed by atoms with Crippen LogP contribution in [0.15, 0.2) is 0 Å². The molecule has 4 nitrogen and oxygen atoms in total. The molecule has 0 N–H and O–H groups in total. The van der Waals surface area contributed by atoms with Crippen molar-refractivity contribution in [3.63, 3.8) is 0 Å². The average molecular weight is 328 g/mol. The van der Waals surface area contributed by atoms with E-state index in [9.17, 15) is 4.57 Å². The Hall–Kier alpha value is 0.980. The molecule has 0 saturated carbocycles. The monoisotopic (exact) mass is 326 g/mol. The van der Waals surface area contributed by atoms with E-state index in [1.165, 1.54) is 0 Å². The molecular weight excluding hydrogens is 309 g/mol. The van der Waals surface area contributed by atoms with Gasteiger partial charge in [0.15, 0.2) is 0 Å². The highest BCUT2D eigenvalue weighted by molar-refractivity contribution is 7.48. The van der Waals surface area contributed by atoms with E-state index in [4.69, 9.17) is 48.4 Å². The molecule has 0 unspecified atom stereocenters. The van der Waals surface area contributed by atoms with Crippen molar-refractivity contribution in [3.8, 4) is 0 Å². The second-order valence-corrected chi connectivity index (χ2v) is 7.58. The van der Waals surface area contributed by atoms with Gasteiger partial charge in [-0.1, -0.05) is 0 Å². The number of phosphoric ester groups is 1. The summed E-state index contributed by atoms with van der Waals surface area (Å²) in [7, 11) is -3.63. The van der Waals surface area contributed by atoms with Crippen LogP contribution in [0.4, 0.5) is 0 Å². The van der Waals surface area contributed by atoms with Gasteiger partial charge in [-0.25, -0.2) is 4.57 Å². The Morgan fingerprint density at radius 3 is 1.24 bits per heavy atom. The Morgan fingerprint density at radius 1 is 0.824 bits per heavy atom. The topological polar surface area (TPSA) is 44.8 Å². The van der Waals surface area contributed by atoms with Gasteiger partial charge in [0.2, 0.25) is 0 Å². The van der Waals surface area contributed by atoms with E-state index in [0.29, 0.717) is 0 Å². The molecule has 104 valence electrons. The second-order valence-electron chi connectivity index (χ2n) is 3.68. The number of hydrogen-bond donors (Lipinski definition) is 0. The highest BCUT2D eigenvalue weighted by Gasteiger charge is 2.28. The van der Waals surface area contributed by atoms with Crippen molar-refractivity contribution >= 4 is 42.6 Å². The van der Waals surface area contributed by atoms with E-state index in [1.54, 1.807) is 20.8 Å². The lowest BCUT2D eigenvalue weighted by Gasteiger charge is -2.19. The fourth-order valence-electron chi connectivity index (χ4n) is 0.694. The lowest BCUT2D eigenvalue weighted by Crippen LogP contribution is -2.13. The van der Waals surface area contributed by atoms with E-state index in [1.807, 2.05) is 0 Å². The molecule has 0 fully saturated rings. The van der Waals surface area contributed by atoms with Crippen LogP contribution in [0.1, 0.15) is 20.8 Å². The van der Waals surface area contributed by atoms with Gasteiger partial charge >= 0.3 is 7.82 Å². The van der Waals surface area contributed by atoms with Gasteiger partial charge in [-0.05, 0) is 20.8 Å². The molecule has 0 spiro atoms. The molecule has 3 atom stereocenters. The van der Waals surface area contributed by atoms with Crippen LogP contribution in [-0.4, -0.2) is 36.0 Å². The molecule has 0 radical (unpaired) electrons. The Kier molecular flexibility index (Phi) is 9.49. The Bertz CT molecular complexity index is 210. The van der Waals surface area contributed by atoms with Crippen molar-refractivity contribution < 1.29 is 18.1 Å². The van der Waals surface area contributed by atoms with Crippen LogP contribution in [0.3, 0.4) is 0 Å². The molecule has 0 aliphatic rings. The van der Waals surface area contributed by atoms with Crippen LogP contribution in [0.2, 0.25) is 0 Å². The maximum atomic E-state index is 12.1. The zero-order valence-corrected chi connectivity index (χ0v) is 13.2. The van der Waals surface area contributed by atoms with E-state index in [-0.39, 0.29) is 36.0 Å². The maximum absolute atomic E-state index is 12.1. The van der Waals surface area contributed by atoms with E-state index >= 15 is 0 Å². The van der Waals surface area contributed by atoms with Gasteiger partial charge in [-0.2, -0.15) is 0 Å². The first kappa shape index (κ1) is 18.0. The summed E-state index contributed by atoms with van der Waals surface area (Å²) in [4.78, 5) is 0. The second kappa shape index (κ2) is 8.98. The molecule has 0 aliphatic heterocycles. The lowest BCUT2D eigenvalue weighted by atomic mass is 10.5. The molecule has 0 bridgehead atoms. The largest absolute Gasteiger partial charge is 0.474 e. The minimum Gasteiger partial charge on any atom is -0.285 e. The molecule has 0 amide bonds. The molecular formula is C9H18Cl3O4P. The van der Waals surface area contributed by atoms with Crippen LogP contribution in [0.25, 0.3) is 0 Å². The minimum absolute atomic E-state index is 0.0617. The Labute approximate surface area is 117 Å². The van der Waals surface area contributed by atoms with Crippen LogP contribution in [-0.2, 0) is 18.1 Å². The van der Waals surface area contributed by atoms with Crippen molar-refractivity contribution in [2.75, 3.05) is 19.8 Å². The fourth-order valence-corrected chi connectivity index (χ4v) is 2.59. The van der Waals surface area contributed by atoms with Crippen molar-refractivity contribution in [2.24, 2.45) is 0 Å². The van der Waals surface area contributed by atoms with Crippen LogP contribution in [0.5, 0.6) is 0 Å². The quantitative estimate of drug-likeness (QED) is 0.474. The fraction of sp³-hybridized carbons (Fsp3) is 1.00. The standard InChI is InChI=1S/C9H18Cl3O4P/c1-7(10)4-14-17(13,15-5-8(2)11)16-6-9(3)12/h7-9H,4-6H2,1-3H3/t7-,8-,9+/m1/s1. The van der Waals surface area contributed by atoms with Gasteiger partial charge in [-0.15, -0.1) is 34.8 Å². The summed E-state index contributed by atoms with van der Waals surface area (Å²) >= 11 is 17.1. The molecule has 17 heavy (non-hydrogen) atoms. The smallest absolute Gasteiger partial charge is 0.285 e. The number of phosphoric acid groups is 1. The normalized spacial score (nSPS) is 17.8. The average Bonchev–Trinajstić information content (AvgIpc) is 2.21. The first-order valence-corrected chi connectivity index (χ1v) is 7.98. The summed E-state index contributed by atoms with van der Waals surface area (Å²) in [6.45, 7) is 5.31. The van der Waals surface area contributed by atoms with Gasteiger partial charge in [-0.3, -0.25) is 13.6 Å². The zero-order valence-electron chi connectivity index (χ0n) is 10.1. The number of alkyl halides is 3. The minimum atomic E-state index is -3.63. The third-order valence-electron chi connectivity index (χ3n) is 1.39. The Morgan fingerprint density at radius 2 is 1.06 bits per heavy atom. The van der Waals surface area contributed by atoms with E-state index in [0.717, 1.165) is 0 Å². The molecule has 0 rings (SSSR count). The van der Waals surface area contributed by atoms with Gasteiger partial charge in [0.1, 0.15) is 0 Å². The summed E-state index contributed by atoms with van der Waals surface area (Å²) < 4.78 is 27.2. The van der Waals surface area contributed by atoms with Crippen molar-refractivity contribution in [1.82, 2.24) is 0 Å². The zero-order chi connectivity index (χ0) is 13.5. The van der Waals surface area contributed by atoms with Crippen molar-refractivity contribution in [2.45, 2.75) is 36.9 Å². The maximum Gasteiger partial charge on any atom is 0.474 e. The van der Waals surface area contributed by atoms with Gasteiger partial charge < -0.3 is 0 Å². The lowest BCUT2D eigenvalue weighted by molar-refractivity contribution is 0.115. The predicted molar refractivity (Wildman–Crippen MR) is 71.4 cm³/mol. The third kappa shape index (κ3) is 10.6. The first-order valence-electron chi connectivity index (χ1n) is 5.21. The van der Waals surface area contributed by atoms with E-state index < -0.39 is 7.82 Å². The molecule has 0 saturated heterocycles. The van der Waals surface area contributed by atoms with Crippen LogP contribution >= 0.6 is 42.6 Å². The first-order chi connectivity index (χ1) is 7.75. The van der Waals surface area contributed by atoms with Gasteiger partial charge in [0.05, 0.1) is 36.0 Å². The molecule has 0 aliphatic carbocycles. The summed E-state index contributed by atoms with van der Waals surface area (Å²) in [6.07, 6.45) is 0. The highest BCUT2D eigenvalue weighted by atomic mass is 35.5. The highest BCUT2D eigenvalue weighted by Crippen LogP contribution is 2.50. The predicted octanol–water partition coefficient (Wildman–Crippen LogP) is 4.03. The number of hydrogen-bond acceptors (Lipinski definition) is 4. The third-order valence-corrected chi connectivity index (χ3v) is 3.16.